The Balaban J connectivity index is 7.33. The Morgan fingerprint density at radius 2 is 0.469 bits per heavy atom. The third-order valence-electron chi connectivity index (χ3n) is 6.22. The molecule has 0 atom stereocenters. The molecule has 98 valence electrons. The van der Waals surface area contributed by atoms with E-state index >= 15 is 0 Å². The standard InChI is InChI=1S/B32/c1-18(2)26(17)30(25(15)16)32(29(23(11)12)24(13)14)31(27(19(3)4)20(5)6)28(21(7)8)22(9)10/q-2. The Morgan fingerprint density at radius 3 is 0.625 bits per heavy atom. The maximum atomic E-state index is 6.32. The molecule has 32 heavy (non-hydrogen) atoms. The monoisotopic (exact) mass is 352 g/mol. The van der Waals surface area contributed by atoms with E-state index in [2.05, 4.69) is 0 Å². The maximum absolute atomic E-state index is 6.32. The molecule has 36 radical (unpaired) electrons. The minimum absolute atomic E-state index is 0.895. The summed E-state index contributed by atoms with van der Waals surface area (Å²) in [5, 5.41) is 0. The predicted octanol–water partition coefficient (Wildman–Crippen LogP) is -12.2. The van der Waals surface area contributed by atoms with Crippen molar-refractivity contribution in [3.05, 3.63) is 0 Å². The third-order valence-corrected chi connectivity index (χ3v) is 6.22. The summed E-state index contributed by atoms with van der Waals surface area (Å²) in [6.45, 7) is 0. The van der Waals surface area contributed by atoms with E-state index in [-0.39, 0.29) is 0 Å². The van der Waals surface area contributed by atoms with Crippen LogP contribution in [0.2, 0.25) is 0 Å². The highest BCUT2D eigenvalue weighted by molar-refractivity contribution is 8.28. The van der Waals surface area contributed by atoms with Crippen molar-refractivity contribution in [3.8, 4) is 0 Å². The lowest BCUT2D eigenvalue weighted by molar-refractivity contribution is 3.25. The van der Waals surface area contributed by atoms with Gasteiger partial charge in [0.05, 0.1) is 0 Å². The number of rotatable bonds is 14. The molecule has 0 bridgehead atoms. The Bertz CT molecular complexity index is 434. The van der Waals surface area contributed by atoms with Gasteiger partial charge in [0.1, 0.15) is 0 Å². The molecule has 0 unspecified atom stereocenters. The van der Waals surface area contributed by atoms with Gasteiger partial charge in [-0.3, -0.25) is 0 Å². The topological polar surface area (TPSA) is 0 Å². The molecule has 0 heterocycles. The molecule has 0 N–H and O–H groups in total. The lowest BCUT2D eigenvalue weighted by atomic mass is 8.30. The smallest absolute Gasteiger partial charge is 0.000000000000163 e. The molecule has 0 spiro atoms. The molecule has 0 saturated carbocycles. The van der Waals surface area contributed by atoms with E-state index < -0.39 is 95.8 Å². The summed E-state index contributed by atoms with van der Waals surface area (Å²) in [5.74, 6) is 0. The molecule has 0 rings (SSSR count). The molecule has 0 aromatic carbocycles. The van der Waals surface area contributed by atoms with Crippen molar-refractivity contribution in [1.29, 1.82) is 0 Å². The van der Waals surface area contributed by atoms with E-state index in [1.165, 1.54) is 0 Å². The van der Waals surface area contributed by atoms with Crippen LogP contribution in [0.3, 0.4) is 0 Å². The van der Waals surface area contributed by atoms with Gasteiger partial charge in [-0.2, -0.15) is 0 Å². The van der Waals surface area contributed by atoms with Crippen LogP contribution in [0, 0.1) is 0 Å². The second kappa shape index (κ2) is 15.4. The lowest BCUT2D eigenvalue weighted by Crippen LogP contribution is -2.89. The van der Waals surface area contributed by atoms with E-state index in [1.807, 2.05) is 0 Å². The zero-order valence-electron chi connectivity index (χ0n) is 18.5. The van der Waals surface area contributed by atoms with E-state index in [9.17, 15) is 0 Å². The van der Waals surface area contributed by atoms with Gasteiger partial charge in [-0.05, 0) is 199 Å². The summed E-state index contributed by atoms with van der Waals surface area (Å²) in [6.07, 6.45) is -15.2. The third kappa shape index (κ3) is 9.19. The highest BCUT2D eigenvalue weighted by atomic mass is 13.3. The van der Waals surface area contributed by atoms with Gasteiger partial charge >= 0.3 is 0 Å². The van der Waals surface area contributed by atoms with Gasteiger partial charge in [0.25, 0.3) is 0 Å². The van der Waals surface area contributed by atoms with E-state index in [0.29, 0.717) is 0 Å². The molecule has 0 aromatic heterocycles. The molecule has 0 aliphatic carbocycles. The molecule has 0 aromatic rings. The highest BCUT2D eigenvalue weighted by Gasteiger charge is 2.52. The first kappa shape index (κ1) is 34.1. The minimum Gasteiger partial charge on any atom is -0.729 e. The first-order valence-electron chi connectivity index (χ1n) is 10.3. The zero-order valence-corrected chi connectivity index (χ0v) is 18.5. The van der Waals surface area contributed by atoms with Crippen molar-refractivity contribution in [2.45, 2.75) is 0 Å². The number of hydrogen-bond donors (Lipinski definition) is 0. The van der Waals surface area contributed by atoms with Crippen molar-refractivity contribution >= 4 is 227 Å². The average molecular weight is 346 g/mol. The van der Waals surface area contributed by atoms with Gasteiger partial charge < -0.3 is 21.9 Å². The van der Waals surface area contributed by atoms with Crippen LogP contribution in [-0.4, -0.2) is 227 Å². The molecule has 0 amide bonds. The lowest BCUT2D eigenvalue weighted by Gasteiger charge is -2.55. The normalized spacial score (nSPS) is 9.56. The fourth-order valence-electron chi connectivity index (χ4n) is 4.88. The van der Waals surface area contributed by atoms with Gasteiger partial charge in [-0.25, -0.2) is 0 Å². The Kier molecular flexibility index (Phi) is 16.4. The largest absolute Gasteiger partial charge is 0.729 e. The van der Waals surface area contributed by atoms with Crippen LogP contribution in [0.25, 0.3) is 0 Å². The Morgan fingerprint density at radius 1 is 0.281 bits per heavy atom. The second-order valence-corrected chi connectivity index (χ2v) is 8.66. The summed E-state index contributed by atoms with van der Waals surface area (Å²) >= 11 is 0. The van der Waals surface area contributed by atoms with Crippen LogP contribution in [0.5, 0.6) is 0 Å². The van der Waals surface area contributed by atoms with Crippen LogP contribution in [-0.2, 0) is 0 Å². The maximum Gasteiger partial charge on any atom is -0.000000000000163 e. The van der Waals surface area contributed by atoms with Crippen LogP contribution in [0.4, 0.5) is 0 Å². The molecule has 0 fully saturated rings. The van der Waals surface area contributed by atoms with Crippen molar-refractivity contribution in [2.75, 3.05) is 0 Å². The van der Waals surface area contributed by atoms with Crippen LogP contribution < -0.4 is 0 Å². The summed E-state index contributed by atoms with van der Waals surface area (Å²) in [6, 6.07) is 0. The molecular formula is B32-2. The fourth-order valence-corrected chi connectivity index (χ4v) is 4.88. The van der Waals surface area contributed by atoms with Gasteiger partial charge in [0.15, 0.2) is 0 Å². The quantitative estimate of drug-likeness (QED) is 0.274. The average Bonchev–Trinajstić information content (AvgIpc) is 2.57. The summed E-state index contributed by atoms with van der Waals surface area (Å²) < 4.78 is 0. The van der Waals surface area contributed by atoms with Crippen LogP contribution >= 0.6 is 0 Å². The molecule has 0 aliphatic rings. The van der Waals surface area contributed by atoms with Gasteiger partial charge in [0.2, 0.25) is 0 Å². The number of hydrogen-bond acceptors (Lipinski definition) is 0. The van der Waals surface area contributed by atoms with E-state index in [1.54, 1.807) is 0 Å². The van der Waals surface area contributed by atoms with Crippen LogP contribution in [0.15, 0.2) is 0 Å². The Hall–Kier alpha value is 2.08. The van der Waals surface area contributed by atoms with Gasteiger partial charge in [-0.15, -0.1) is 0 Å². The molecular weight excluding hydrogens is 346 g/mol. The van der Waals surface area contributed by atoms with E-state index in [0.717, 1.165) is 0 Å². The van der Waals surface area contributed by atoms with Crippen LogP contribution in [0.1, 0.15) is 0 Å². The van der Waals surface area contributed by atoms with Gasteiger partial charge in [0, 0.05) is 0 Å². The van der Waals surface area contributed by atoms with Crippen molar-refractivity contribution in [2.24, 2.45) is 0 Å². The zero-order chi connectivity index (χ0) is 25.7. The minimum atomic E-state index is -1.11. The molecule has 0 saturated heterocycles. The first-order valence-corrected chi connectivity index (χ1v) is 10.3. The second-order valence-electron chi connectivity index (χ2n) is 8.66. The summed E-state index contributed by atoms with van der Waals surface area (Å²) in [7, 11) is 103. The Labute approximate surface area is 226 Å². The molecule has 0 nitrogen and oxygen atoms in total. The van der Waals surface area contributed by atoms with Crippen molar-refractivity contribution < 1.29 is 0 Å². The van der Waals surface area contributed by atoms with Crippen molar-refractivity contribution in [3.63, 3.8) is 0 Å². The molecule has 0 aliphatic heterocycles. The highest BCUT2D eigenvalue weighted by Crippen LogP contribution is 2.15. The SMILES string of the molecule is [B]B([B])B(B([B])[B])B(B(B([B])[B])B([B])[B])B(B(B([B])[B])B([B])[B])B(B([B])[B])B([B])B([B-])[B-]. The van der Waals surface area contributed by atoms with E-state index in [4.69, 9.17) is 132 Å². The molecule has 32 heteroatoms. The summed E-state index contributed by atoms with van der Waals surface area (Å²) in [5.41, 5.74) is 0. The first-order chi connectivity index (χ1) is 14.5. The fraction of sp³-hybridized carbons (Fsp3) is 0. The van der Waals surface area contributed by atoms with Crippen molar-refractivity contribution in [1.82, 2.24) is 0 Å². The summed E-state index contributed by atoms with van der Waals surface area (Å²) in [4.78, 5) is 0. The predicted molar refractivity (Wildman–Crippen MR) is 184 cm³/mol. The van der Waals surface area contributed by atoms with Gasteiger partial charge in [-0.1, -0.05) is 6.39 Å².